The van der Waals surface area contributed by atoms with E-state index in [1.807, 2.05) is 72.8 Å². The van der Waals surface area contributed by atoms with Gasteiger partial charge in [0, 0.05) is 27.9 Å². The van der Waals surface area contributed by atoms with Gasteiger partial charge in [-0.3, -0.25) is 14.5 Å². The maximum atomic E-state index is 13.6. The molecular weight excluding hydrogens is 484 g/mol. The van der Waals surface area contributed by atoms with Crippen LogP contribution in [0.2, 0.25) is 5.02 Å². The molecule has 1 atom stereocenters. The average molecular weight is 511 g/mol. The number of hydrogen-bond acceptors (Lipinski definition) is 4. The fraction of sp³-hybridized carbons (Fsp3) is 0.233. The summed E-state index contributed by atoms with van der Waals surface area (Å²) < 4.78 is 0. The zero-order chi connectivity index (χ0) is 25.4. The van der Waals surface area contributed by atoms with Crippen molar-refractivity contribution in [3.63, 3.8) is 0 Å². The number of amides is 1. The van der Waals surface area contributed by atoms with E-state index in [2.05, 4.69) is 9.88 Å². The normalized spacial score (nSPS) is 17.9. The molecule has 1 fully saturated rings. The van der Waals surface area contributed by atoms with Crippen molar-refractivity contribution in [2.75, 3.05) is 19.6 Å². The van der Waals surface area contributed by atoms with E-state index in [-0.39, 0.29) is 17.5 Å². The van der Waals surface area contributed by atoms with Crippen molar-refractivity contribution in [2.24, 2.45) is 5.10 Å². The molecule has 0 aliphatic carbocycles. The van der Waals surface area contributed by atoms with E-state index < -0.39 is 0 Å². The fourth-order valence-electron chi connectivity index (χ4n) is 5.48. The molecule has 6 nitrogen and oxygen atoms in total. The van der Waals surface area contributed by atoms with E-state index in [1.165, 1.54) is 0 Å². The number of rotatable bonds is 5. The maximum Gasteiger partial charge on any atom is 0.258 e. The lowest BCUT2D eigenvalue weighted by molar-refractivity contribution is -0.134. The second kappa shape index (κ2) is 9.96. The van der Waals surface area contributed by atoms with Crippen molar-refractivity contribution in [1.82, 2.24) is 14.9 Å². The average Bonchev–Trinajstić information content (AvgIpc) is 3.59. The van der Waals surface area contributed by atoms with Crippen LogP contribution in [-0.4, -0.2) is 46.1 Å². The van der Waals surface area contributed by atoms with Crippen molar-refractivity contribution in [1.29, 1.82) is 0 Å². The van der Waals surface area contributed by atoms with Crippen LogP contribution in [0.15, 0.2) is 88.8 Å². The number of pyridine rings is 1. The first-order chi connectivity index (χ1) is 18.1. The van der Waals surface area contributed by atoms with Gasteiger partial charge in [-0.05, 0) is 55.3 Å². The Bertz CT molecular complexity index is 1540. The highest BCUT2D eigenvalue weighted by Crippen LogP contribution is 2.37. The third kappa shape index (κ3) is 4.59. The summed E-state index contributed by atoms with van der Waals surface area (Å²) in [6, 6.07) is 24.9. The summed E-state index contributed by atoms with van der Waals surface area (Å²) in [6.07, 6.45) is 2.67. The highest BCUT2D eigenvalue weighted by Gasteiger charge is 2.36. The van der Waals surface area contributed by atoms with Gasteiger partial charge in [-0.1, -0.05) is 72.3 Å². The number of nitrogens with one attached hydrogen (secondary N) is 1. The van der Waals surface area contributed by atoms with Gasteiger partial charge in [0.25, 0.3) is 11.5 Å². The fourth-order valence-corrected chi connectivity index (χ4v) is 5.65. The van der Waals surface area contributed by atoms with Crippen molar-refractivity contribution >= 4 is 34.1 Å². The van der Waals surface area contributed by atoms with Gasteiger partial charge in [-0.15, -0.1) is 0 Å². The van der Waals surface area contributed by atoms with Crippen LogP contribution in [0.4, 0.5) is 0 Å². The molecule has 0 radical (unpaired) electrons. The number of nitrogens with zero attached hydrogens (tertiary/aromatic N) is 3. The highest BCUT2D eigenvalue weighted by molar-refractivity contribution is 6.31. The third-order valence-electron chi connectivity index (χ3n) is 7.24. The van der Waals surface area contributed by atoms with E-state index in [0.717, 1.165) is 48.0 Å². The van der Waals surface area contributed by atoms with Gasteiger partial charge in [0.15, 0.2) is 0 Å². The molecule has 1 N–H and O–H groups in total. The minimum atomic E-state index is -0.274. The molecule has 0 bridgehead atoms. The Hall–Kier alpha value is -3.74. The van der Waals surface area contributed by atoms with Gasteiger partial charge < -0.3 is 4.98 Å². The number of aromatic amines is 1. The first-order valence-electron chi connectivity index (χ1n) is 12.7. The molecule has 186 valence electrons. The van der Waals surface area contributed by atoms with Gasteiger partial charge in [-0.2, -0.15) is 5.10 Å². The molecule has 6 rings (SSSR count). The van der Waals surface area contributed by atoms with Crippen molar-refractivity contribution < 1.29 is 4.79 Å². The first kappa shape index (κ1) is 23.6. The van der Waals surface area contributed by atoms with Crippen molar-refractivity contribution in [3.05, 3.63) is 105 Å². The predicted octanol–water partition coefficient (Wildman–Crippen LogP) is 5.62. The Morgan fingerprint density at radius 1 is 0.946 bits per heavy atom. The quantitative estimate of drug-likeness (QED) is 0.379. The second-order valence-electron chi connectivity index (χ2n) is 9.66. The summed E-state index contributed by atoms with van der Waals surface area (Å²) in [7, 11) is 0. The van der Waals surface area contributed by atoms with Crippen LogP contribution in [-0.2, 0) is 4.79 Å². The molecule has 1 aromatic heterocycles. The summed E-state index contributed by atoms with van der Waals surface area (Å²) in [5, 5.41) is 7.88. The molecule has 7 heteroatoms. The van der Waals surface area contributed by atoms with Gasteiger partial charge in [0.2, 0.25) is 0 Å². The van der Waals surface area contributed by atoms with Crippen LogP contribution in [0.3, 0.4) is 0 Å². The molecule has 37 heavy (non-hydrogen) atoms. The minimum Gasteiger partial charge on any atom is -0.321 e. The van der Waals surface area contributed by atoms with Crippen LogP contribution in [0.25, 0.3) is 22.0 Å². The van der Waals surface area contributed by atoms with E-state index in [1.54, 1.807) is 11.1 Å². The van der Waals surface area contributed by atoms with Gasteiger partial charge in [-0.25, -0.2) is 5.01 Å². The van der Waals surface area contributed by atoms with Gasteiger partial charge in [0.05, 0.1) is 23.9 Å². The van der Waals surface area contributed by atoms with Crippen LogP contribution in [0.1, 0.15) is 36.4 Å². The number of carbonyl (C=O) groups is 1. The molecule has 1 unspecified atom stereocenters. The molecule has 1 amide bonds. The number of halogens is 1. The topological polar surface area (TPSA) is 68.8 Å². The van der Waals surface area contributed by atoms with Gasteiger partial charge in [0.1, 0.15) is 0 Å². The van der Waals surface area contributed by atoms with Crippen LogP contribution in [0.5, 0.6) is 0 Å². The van der Waals surface area contributed by atoms with Crippen LogP contribution in [0, 0.1) is 0 Å². The minimum absolute atomic E-state index is 0.0488. The molecule has 2 aliphatic heterocycles. The smallest absolute Gasteiger partial charge is 0.258 e. The monoisotopic (exact) mass is 510 g/mol. The number of carbonyl (C=O) groups excluding carboxylic acids is 1. The predicted molar refractivity (Wildman–Crippen MR) is 148 cm³/mol. The van der Waals surface area contributed by atoms with E-state index in [0.29, 0.717) is 34.8 Å². The Labute approximate surface area is 220 Å². The van der Waals surface area contributed by atoms with E-state index >= 15 is 0 Å². The zero-order valence-electron chi connectivity index (χ0n) is 20.4. The van der Waals surface area contributed by atoms with Crippen LogP contribution < -0.4 is 5.56 Å². The van der Waals surface area contributed by atoms with Crippen molar-refractivity contribution in [3.8, 4) is 11.1 Å². The number of hydrogen-bond donors (Lipinski definition) is 1. The molecule has 0 spiro atoms. The number of benzene rings is 3. The molecule has 3 aromatic carbocycles. The number of fused-ring (bicyclic) bond motifs is 1. The Morgan fingerprint density at radius 3 is 2.38 bits per heavy atom. The Balaban J connectivity index is 1.51. The Morgan fingerprint density at radius 2 is 1.65 bits per heavy atom. The third-order valence-corrected chi connectivity index (χ3v) is 7.47. The standard InChI is InChI=1S/C30H27ClN4O2/c31-22-13-14-24-23(17-22)28(21-11-5-2-6-12-21)29(30(37)32-24)25-18-26(20-9-3-1-4-10-20)35(33-25)27(36)19-34-15-7-8-16-34/h1-6,9-14,17,26H,7-8,15-16,18-19H2,(H,32,37). The van der Waals surface area contributed by atoms with Gasteiger partial charge >= 0.3 is 0 Å². The van der Waals surface area contributed by atoms with E-state index in [9.17, 15) is 9.59 Å². The molecule has 2 aliphatic rings. The SMILES string of the molecule is O=C(CN1CCCC1)N1N=C(c2c(-c3ccccc3)c3cc(Cl)ccc3[nH]c2=O)CC1c1ccccc1. The zero-order valence-corrected chi connectivity index (χ0v) is 21.1. The summed E-state index contributed by atoms with van der Waals surface area (Å²) >= 11 is 6.40. The van der Waals surface area contributed by atoms with Crippen LogP contribution >= 0.6 is 11.6 Å². The van der Waals surface area contributed by atoms with E-state index in [4.69, 9.17) is 16.7 Å². The summed E-state index contributed by atoms with van der Waals surface area (Å²) in [4.78, 5) is 32.4. The highest BCUT2D eigenvalue weighted by atomic mass is 35.5. The molecule has 4 aromatic rings. The molecular formula is C30H27ClN4O2. The lowest BCUT2D eigenvalue weighted by Gasteiger charge is -2.24. The largest absolute Gasteiger partial charge is 0.321 e. The number of hydrazone groups is 1. The second-order valence-corrected chi connectivity index (χ2v) is 10.1. The maximum absolute atomic E-state index is 13.6. The lowest BCUT2D eigenvalue weighted by Crippen LogP contribution is -2.36. The first-order valence-corrected chi connectivity index (χ1v) is 13.0. The summed E-state index contributed by atoms with van der Waals surface area (Å²) in [6.45, 7) is 2.18. The number of aromatic nitrogens is 1. The summed E-state index contributed by atoms with van der Waals surface area (Å²) in [5.74, 6) is -0.0488. The number of H-pyrrole nitrogens is 1. The lowest BCUT2D eigenvalue weighted by atomic mass is 9.91. The molecule has 3 heterocycles. The molecule has 0 saturated carbocycles. The number of likely N-dealkylation sites (tertiary alicyclic amines) is 1. The van der Waals surface area contributed by atoms with Crippen molar-refractivity contribution in [2.45, 2.75) is 25.3 Å². The summed E-state index contributed by atoms with van der Waals surface area (Å²) in [5.41, 5.74) is 4.24. The Kier molecular flexibility index (Phi) is 6.37. The molecule has 1 saturated heterocycles.